The minimum Gasteiger partial charge on any atom is -0.481 e. The van der Waals surface area contributed by atoms with Gasteiger partial charge in [0.1, 0.15) is 5.60 Å². The molecule has 0 heterocycles. The van der Waals surface area contributed by atoms with Crippen LogP contribution < -0.4 is 10.6 Å². The third kappa shape index (κ3) is 5.95. The van der Waals surface area contributed by atoms with Gasteiger partial charge in [-0.05, 0) is 79.8 Å². The zero-order valence-corrected chi connectivity index (χ0v) is 20.3. The number of alkyl halides is 3. The van der Waals surface area contributed by atoms with E-state index in [9.17, 15) is 32.7 Å². The Morgan fingerprint density at radius 1 is 1.05 bits per heavy atom. The smallest absolute Gasteiger partial charge is 0.416 e. The number of carboxylic acids is 1. The van der Waals surface area contributed by atoms with Crippen molar-refractivity contribution in [2.75, 3.05) is 17.7 Å². The second kappa shape index (κ2) is 10.5. The van der Waals surface area contributed by atoms with Crippen LogP contribution in [0.3, 0.4) is 0 Å². The van der Waals surface area contributed by atoms with Gasteiger partial charge in [-0.2, -0.15) is 13.2 Å². The molecule has 3 N–H and O–H groups in total. The molecule has 2 amide bonds. The molecule has 4 atom stereocenters. The van der Waals surface area contributed by atoms with Gasteiger partial charge in [-0.3, -0.25) is 9.59 Å². The maximum atomic E-state index is 13.1. The topological polar surface area (TPSA) is 105 Å². The number of carbonyl (C=O) groups is 3. The van der Waals surface area contributed by atoms with Crippen LogP contribution in [0.25, 0.3) is 0 Å². The summed E-state index contributed by atoms with van der Waals surface area (Å²) in [5.74, 6) is -0.946. The number of amides is 2. The first kappa shape index (κ1) is 26.7. The molecule has 4 rings (SSSR count). The van der Waals surface area contributed by atoms with E-state index >= 15 is 0 Å². The van der Waals surface area contributed by atoms with Crippen molar-refractivity contribution in [3.63, 3.8) is 0 Å². The minimum absolute atomic E-state index is 0.0311. The highest BCUT2D eigenvalue weighted by molar-refractivity contribution is 5.99. The molecule has 7 nitrogen and oxygen atoms in total. The lowest BCUT2D eigenvalue weighted by atomic mass is 9.61. The molecule has 0 radical (unpaired) electrons. The Morgan fingerprint density at radius 2 is 1.76 bits per heavy atom. The van der Waals surface area contributed by atoms with E-state index in [0.717, 1.165) is 37.0 Å². The van der Waals surface area contributed by atoms with Gasteiger partial charge in [0, 0.05) is 24.4 Å². The number of nitrogens with one attached hydrogen (secondary N) is 2. The van der Waals surface area contributed by atoms with Gasteiger partial charge in [0.2, 0.25) is 0 Å². The third-order valence-corrected chi connectivity index (χ3v) is 7.60. The number of Topliss-reactive ketones (excluding diaryl/α,β-unsaturated/α-hetero) is 1. The number of rotatable bonds is 6. The largest absolute Gasteiger partial charge is 0.481 e. The van der Waals surface area contributed by atoms with E-state index < -0.39 is 29.3 Å². The SMILES string of the molecule is COC1(CC(=O)O)CCC2CC(c3ccc(NC(=O)Nc4cccc(C(F)(F)F)c4)cc3)CCC2C1=O. The highest BCUT2D eigenvalue weighted by atomic mass is 19.4. The normalized spacial score (nSPS) is 25.7. The zero-order valence-electron chi connectivity index (χ0n) is 20.3. The number of fused-ring (bicyclic) bond motifs is 1. The second-order valence-electron chi connectivity index (χ2n) is 9.83. The minimum atomic E-state index is -4.50. The molecule has 2 fully saturated rings. The molecule has 198 valence electrons. The van der Waals surface area contributed by atoms with E-state index in [-0.39, 0.29) is 35.6 Å². The molecule has 0 aliphatic heterocycles. The maximum Gasteiger partial charge on any atom is 0.416 e. The number of anilines is 2. The lowest BCUT2D eigenvalue weighted by Crippen LogP contribution is -2.52. The number of ether oxygens (including phenoxy) is 1. The van der Waals surface area contributed by atoms with Crippen LogP contribution in [0.4, 0.5) is 29.3 Å². The van der Waals surface area contributed by atoms with E-state index in [1.165, 1.54) is 19.2 Å². The molecular weight excluding hydrogens is 489 g/mol. The molecule has 2 aromatic rings. The summed E-state index contributed by atoms with van der Waals surface area (Å²) in [5, 5.41) is 14.3. The Kier molecular flexibility index (Phi) is 7.59. The maximum absolute atomic E-state index is 13.1. The number of carboxylic acid groups (broad SMARTS) is 1. The van der Waals surface area contributed by atoms with Crippen LogP contribution in [-0.4, -0.2) is 35.6 Å². The number of hydrogen-bond donors (Lipinski definition) is 3. The van der Waals surface area contributed by atoms with Gasteiger partial charge in [-0.15, -0.1) is 0 Å². The van der Waals surface area contributed by atoms with Gasteiger partial charge >= 0.3 is 18.2 Å². The van der Waals surface area contributed by atoms with Gasteiger partial charge < -0.3 is 20.5 Å². The zero-order chi connectivity index (χ0) is 26.8. The number of urea groups is 1. The molecule has 0 aromatic heterocycles. The Morgan fingerprint density at radius 3 is 2.41 bits per heavy atom. The molecule has 2 aliphatic rings. The van der Waals surface area contributed by atoms with E-state index in [1.54, 1.807) is 12.1 Å². The summed E-state index contributed by atoms with van der Waals surface area (Å²) in [6.45, 7) is 0. The fourth-order valence-electron chi connectivity index (χ4n) is 5.71. The number of halogens is 3. The fraction of sp³-hybridized carbons (Fsp3) is 0.444. The van der Waals surface area contributed by atoms with Crippen molar-refractivity contribution in [1.82, 2.24) is 0 Å². The fourth-order valence-corrected chi connectivity index (χ4v) is 5.71. The molecular formula is C27H29F3N2O5. The molecule has 2 saturated carbocycles. The predicted molar refractivity (Wildman–Crippen MR) is 130 cm³/mol. The van der Waals surface area contributed by atoms with Crippen molar-refractivity contribution in [2.45, 2.75) is 56.2 Å². The highest BCUT2D eigenvalue weighted by Crippen LogP contribution is 2.48. The Balaban J connectivity index is 1.35. The predicted octanol–water partition coefficient (Wildman–Crippen LogP) is 6.07. The number of ketones is 1. The quantitative estimate of drug-likeness (QED) is 0.430. The van der Waals surface area contributed by atoms with E-state index in [0.29, 0.717) is 18.5 Å². The summed E-state index contributed by atoms with van der Waals surface area (Å²) in [5.41, 5.74) is -0.485. The van der Waals surface area contributed by atoms with Crippen molar-refractivity contribution in [3.8, 4) is 0 Å². The lowest BCUT2D eigenvalue weighted by molar-refractivity contribution is -0.165. The summed E-state index contributed by atoms with van der Waals surface area (Å²) in [7, 11) is 1.41. The van der Waals surface area contributed by atoms with Gasteiger partial charge in [-0.25, -0.2) is 4.79 Å². The van der Waals surface area contributed by atoms with E-state index in [1.807, 2.05) is 12.1 Å². The van der Waals surface area contributed by atoms with E-state index in [2.05, 4.69) is 10.6 Å². The molecule has 0 saturated heterocycles. The molecule has 0 spiro atoms. The molecule has 4 unspecified atom stereocenters. The van der Waals surface area contributed by atoms with Crippen molar-refractivity contribution < 1.29 is 37.4 Å². The van der Waals surface area contributed by atoms with Crippen molar-refractivity contribution in [2.24, 2.45) is 11.8 Å². The number of hydrogen-bond acceptors (Lipinski definition) is 4. The van der Waals surface area contributed by atoms with Crippen LogP contribution >= 0.6 is 0 Å². The highest BCUT2D eigenvalue weighted by Gasteiger charge is 2.51. The van der Waals surface area contributed by atoms with Gasteiger partial charge in [0.15, 0.2) is 5.78 Å². The second-order valence-corrected chi connectivity index (χ2v) is 9.83. The average molecular weight is 519 g/mol. The Labute approximate surface area is 212 Å². The molecule has 10 heteroatoms. The van der Waals surface area contributed by atoms with Gasteiger partial charge in [-0.1, -0.05) is 18.2 Å². The molecule has 2 aromatic carbocycles. The molecule has 37 heavy (non-hydrogen) atoms. The Bertz CT molecular complexity index is 1170. The summed E-state index contributed by atoms with van der Waals surface area (Å²) in [6, 6.07) is 11.0. The number of methoxy groups -OCH3 is 1. The summed E-state index contributed by atoms with van der Waals surface area (Å²) < 4.78 is 44.1. The summed E-state index contributed by atoms with van der Waals surface area (Å²) in [6.07, 6.45) is -1.44. The first-order chi connectivity index (χ1) is 17.5. The molecule has 2 aliphatic carbocycles. The van der Waals surface area contributed by atoms with Crippen molar-refractivity contribution >= 4 is 29.2 Å². The van der Waals surface area contributed by atoms with Crippen LogP contribution in [0.5, 0.6) is 0 Å². The van der Waals surface area contributed by atoms with Crippen molar-refractivity contribution in [3.05, 3.63) is 59.7 Å². The number of benzene rings is 2. The third-order valence-electron chi connectivity index (χ3n) is 7.60. The first-order valence-electron chi connectivity index (χ1n) is 12.2. The monoisotopic (exact) mass is 518 g/mol. The van der Waals surface area contributed by atoms with Crippen molar-refractivity contribution in [1.29, 1.82) is 0 Å². The lowest BCUT2D eigenvalue weighted by Gasteiger charge is -2.45. The number of carbonyl (C=O) groups excluding carboxylic acids is 2. The van der Waals surface area contributed by atoms with E-state index in [4.69, 9.17) is 4.74 Å². The summed E-state index contributed by atoms with van der Waals surface area (Å²) >= 11 is 0. The van der Waals surface area contributed by atoms with Crippen LogP contribution in [0.15, 0.2) is 48.5 Å². The van der Waals surface area contributed by atoms with Crippen LogP contribution in [-0.2, 0) is 20.5 Å². The molecule has 0 bridgehead atoms. The average Bonchev–Trinajstić information content (AvgIpc) is 2.85. The Hall–Kier alpha value is -3.40. The van der Waals surface area contributed by atoms with Crippen LogP contribution in [0.2, 0.25) is 0 Å². The first-order valence-corrected chi connectivity index (χ1v) is 12.2. The van der Waals surface area contributed by atoms with Crippen LogP contribution in [0, 0.1) is 11.8 Å². The van der Waals surface area contributed by atoms with Crippen LogP contribution in [0.1, 0.15) is 55.6 Å². The number of aliphatic carboxylic acids is 1. The van der Waals surface area contributed by atoms with Gasteiger partial charge in [0.25, 0.3) is 0 Å². The standard InChI is InChI=1S/C27H29F3N2O5/c1-37-26(15-23(33)34)12-11-18-13-17(7-10-22(18)24(26)35)16-5-8-20(9-6-16)31-25(36)32-21-4-2-3-19(14-21)27(28,29)30/h2-6,8-9,14,17-18,22H,7,10-13,15H2,1H3,(H,33,34)(H2,31,32,36). The van der Waals surface area contributed by atoms with Gasteiger partial charge in [0.05, 0.1) is 12.0 Å². The summed E-state index contributed by atoms with van der Waals surface area (Å²) in [4.78, 5) is 36.7.